The lowest BCUT2D eigenvalue weighted by atomic mass is 10.1. The third kappa shape index (κ3) is 4.71. The summed E-state index contributed by atoms with van der Waals surface area (Å²) in [6, 6.07) is 16.9. The summed E-state index contributed by atoms with van der Waals surface area (Å²) in [5.41, 5.74) is 5.03. The number of aryl methyl sites for hydroxylation is 1. The largest absolute Gasteiger partial charge is 0.361 e. The molecule has 0 unspecified atom stereocenters. The minimum absolute atomic E-state index is 0.617. The number of aromatic amines is 1. The van der Waals surface area contributed by atoms with Gasteiger partial charge in [-0.1, -0.05) is 42.5 Å². The summed E-state index contributed by atoms with van der Waals surface area (Å²) in [4.78, 5) is 12.2. The Labute approximate surface area is 177 Å². The Kier molecular flexibility index (Phi) is 6.13. The van der Waals surface area contributed by atoms with Gasteiger partial charge in [-0.2, -0.15) is 0 Å². The first-order valence-corrected chi connectivity index (χ1v) is 10.3. The van der Waals surface area contributed by atoms with Crippen molar-refractivity contribution in [2.45, 2.75) is 26.4 Å². The predicted molar refractivity (Wildman–Crippen MR) is 123 cm³/mol. The van der Waals surface area contributed by atoms with Crippen molar-refractivity contribution in [1.29, 1.82) is 0 Å². The second-order valence-corrected chi connectivity index (χ2v) is 7.42. The van der Waals surface area contributed by atoms with Gasteiger partial charge in [0.25, 0.3) is 0 Å². The highest BCUT2D eigenvalue weighted by Crippen LogP contribution is 2.19. The molecule has 0 bridgehead atoms. The fourth-order valence-electron chi connectivity index (χ4n) is 3.64. The molecule has 0 fully saturated rings. The molecule has 4 rings (SSSR count). The molecule has 2 aromatic carbocycles. The Balaban J connectivity index is 1.30. The fraction of sp³-hybridized carbons (Fsp3) is 0.250. The molecule has 0 saturated heterocycles. The number of imidazole rings is 1. The molecule has 3 N–H and O–H groups in total. The van der Waals surface area contributed by atoms with Crippen molar-refractivity contribution in [3.8, 4) is 0 Å². The van der Waals surface area contributed by atoms with Gasteiger partial charge in [-0.25, -0.2) is 4.98 Å². The van der Waals surface area contributed by atoms with Crippen molar-refractivity contribution in [3.63, 3.8) is 0 Å². The first kappa shape index (κ1) is 19.8. The number of hydrogen-bond donors (Lipinski definition) is 3. The van der Waals surface area contributed by atoms with Crippen molar-refractivity contribution >= 4 is 16.9 Å². The maximum Gasteiger partial charge on any atom is 0.191 e. The van der Waals surface area contributed by atoms with Gasteiger partial charge in [0.05, 0.1) is 6.54 Å². The van der Waals surface area contributed by atoms with Gasteiger partial charge in [0, 0.05) is 49.6 Å². The Morgan fingerprint density at radius 2 is 2.00 bits per heavy atom. The third-order valence-electron chi connectivity index (χ3n) is 5.24. The second kappa shape index (κ2) is 9.31. The van der Waals surface area contributed by atoms with E-state index in [1.165, 1.54) is 27.6 Å². The third-order valence-corrected chi connectivity index (χ3v) is 5.24. The van der Waals surface area contributed by atoms with Crippen LogP contribution in [0.1, 0.15) is 22.5 Å². The zero-order valence-electron chi connectivity index (χ0n) is 17.5. The van der Waals surface area contributed by atoms with Gasteiger partial charge in [0.2, 0.25) is 0 Å². The molecular formula is C24H28N6. The van der Waals surface area contributed by atoms with Crippen LogP contribution in [0.3, 0.4) is 0 Å². The molecule has 0 spiro atoms. The van der Waals surface area contributed by atoms with Gasteiger partial charge >= 0.3 is 0 Å². The second-order valence-electron chi connectivity index (χ2n) is 7.42. The number of nitrogens with one attached hydrogen (secondary N) is 3. The van der Waals surface area contributed by atoms with Crippen LogP contribution in [0, 0.1) is 6.92 Å². The van der Waals surface area contributed by atoms with Gasteiger partial charge in [-0.05, 0) is 36.1 Å². The maximum atomic E-state index is 4.49. The molecule has 2 aromatic heterocycles. The number of guanidine groups is 1. The van der Waals surface area contributed by atoms with Crippen molar-refractivity contribution in [2.24, 2.45) is 4.99 Å². The van der Waals surface area contributed by atoms with E-state index in [0.717, 1.165) is 31.3 Å². The highest BCUT2D eigenvalue weighted by atomic mass is 15.2. The molecule has 0 saturated carbocycles. The molecule has 6 nitrogen and oxygen atoms in total. The fourth-order valence-corrected chi connectivity index (χ4v) is 3.64. The summed E-state index contributed by atoms with van der Waals surface area (Å²) < 4.78 is 2.16. The number of nitrogens with zero attached hydrogens (tertiary/aromatic N) is 3. The Morgan fingerprint density at radius 1 is 1.13 bits per heavy atom. The monoisotopic (exact) mass is 400 g/mol. The normalized spacial score (nSPS) is 11.7. The standard InChI is InChI=1S/C24H28N6/c1-18-8-9-21-20(15-28-22(21)14-18)10-11-27-24(25-2)29-16-23-26-12-13-30(23)17-19-6-4-3-5-7-19/h3-9,12-15,28H,10-11,16-17H2,1-2H3,(H2,25,27,29). The highest BCUT2D eigenvalue weighted by Gasteiger charge is 2.07. The summed E-state index contributed by atoms with van der Waals surface area (Å²) >= 11 is 0. The number of benzene rings is 2. The highest BCUT2D eigenvalue weighted by molar-refractivity contribution is 5.84. The number of aliphatic imine (C=N–C) groups is 1. The zero-order chi connectivity index (χ0) is 20.8. The van der Waals surface area contributed by atoms with E-state index in [1.807, 2.05) is 18.5 Å². The predicted octanol–water partition coefficient (Wildman–Crippen LogP) is 3.63. The molecule has 4 aromatic rings. The van der Waals surface area contributed by atoms with Crippen molar-refractivity contribution in [3.05, 3.63) is 89.6 Å². The van der Waals surface area contributed by atoms with Crippen molar-refractivity contribution in [1.82, 2.24) is 25.2 Å². The molecule has 0 amide bonds. The quantitative estimate of drug-likeness (QED) is 0.328. The van der Waals surface area contributed by atoms with Gasteiger partial charge in [0.1, 0.15) is 5.82 Å². The minimum Gasteiger partial charge on any atom is -0.361 e. The average molecular weight is 401 g/mol. The lowest BCUT2D eigenvalue weighted by Crippen LogP contribution is -2.38. The Hall–Kier alpha value is -3.54. The zero-order valence-corrected chi connectivity index (χ0v) is 17.5. The van der Waals surface area contributed by atoms with Crippen LogP contribution in [-0.4, -0.2) is 34.1 Å². The summed E-state index contributed by atoms with van der Waals surface area (Å²) in [6.07, 6.45) is 6.88. The molecule has 0 atom stereocenters. The minimum atomic E-state index is 0.617. The first-order valence-electron chi connectivity index (χ1n) is 10.3. The van der Waals surface area contributed by atoms with Gasteiger partial charge in [-0.15, -0.1) is 0 Å². The number of fused-ring (bicyclic) bond motifs is 1. The molecular weight excluding hydrogens is 372 g/mol. The van der Waals surface area contributed by atoms with E-state index in [2.05, 4.69) is 85.7 Å². The summed E-state index contributed by atoms with van der Waals surface area (Å²) in [5, 5.41) is 8.06. The molecule has 0 radical (unpaired) electrons. The molecule has 2 heterocycles. The van der Waals surface area contributed by atoms with Crippen LogP contribution < -0.4 is 10.6 Å². The van der Waals surface area contributed by atoms with Gasteiger partial charge in [-0.3, -0.25) is 4.99 Å². The molecule has 0 aliphatic heterocycles. The van der Waals surface area contributed by atoms with Crippen LogP contribution in [0.2, 0.25) is 0 Å². The number of aromatic nitrogens is 3. The Morgan fingerprint density at radius 3 is 2.83 bits per heavy atom. The summed E-state index contributed by atoms with van der Waals surface area (Å²) in [7, 11) is 1.79. The van der Waals surface area contributed by atoms with Gasteiger partial charge < -0.3 is 20.2 Å². The average Bonchev–Trinajstić information content (AvgIpc) is 3.37. The van der Waals surface area contributed by atoms with E-state index in [-0.39, 0.29) is 0 Å². The van der Waals surface area contributed by atoms with E-state index < -0.39 is 0 Å². The smallest absolute Gasteiger partial charge is 0.191 e. The van der Waals surface area contributed by atoms with E-state index in [4.69, 9.17) is 0 Å². The van der Waals surface area contributed by atoms with Crippen LogP contribution in [0.5, 0.6) is 0 Å². The van der Waals surface area contributed by atoms with Crippen LogP contribution in [0.4, 0.5) is 0 Å². The molecule has 0 aliphatic rings. The summed E-state index contributed by atoms with van der Waals surface area (Å²) in [5.74, 6) is 1.76. The lowest BCUT2D eigenvalue weighted by Gasteiger charge is -2.13. The number of H-pyrrole nitrogens is 1. The maximum absolute atomic E-state index is 4.49. The van der Waals surface area contributed by atoms with E-state index in [1.54, 1.807) is 7.05 Å². The van der Waals surface area contributed by atoms with Crippen molar-refractivity contribution < 1.29 is 0 Å². The SMILES string of the molecule is CN=C(NCCc1c[nH]c2cc(C)ccc12)NCc1nccn1Cc1ccccc1. The molecule has 6 heteroatoms. The van der Waals surface area contributed by atoms with E-state index in [9.17, 15) is 0 Å². The topological polar surface area (TPSA) is 70.0 Å². The number of hydrogen-bond acceptors (Lipinski definition) is 2. The van der Waals surface area contributed by atoms with Crippen LogP contribution in [0.25, 0.3) is 10.9 Å². The Bertz CT molecular complexity index is 1120. The number of rotatable bonds is 7. The molecule has 30 heavy (non-hydrogen) atoms. The van der Waals surface area contributed by atoms with Crippen LogP contribution >= 0.6 is 0 Å². The van der Waals surface area contributed by atoms with Crippen LogP contribution in [0.15, 0.2) is 72.1 Å². The summed E-state index contributed by atoms with van der Waals surface area (Å²) in [6.45, 7) is 4.34. The molecule has 154 valence electrons. The molecule has 0 aliphatic carbocycles. The first-order chi connectivity index (χ1) is 14.7. The van der Waals surface area contributed by atoms with E-state index in [0.29, 0.717) is 6.54 Å². The van der Waals surface area contributed by atoms with Crippen molar-refractivity contribution in [2.75, 3.05) is 13.6 Å². The van der Waals surface area contributed by atoms with Crippen LogP contribution in [-0.2, 0) is 19.5 Å². The van der Waals surface area contributed by atoms with Gasteiger partial charge in [0.15, 0.2) is 5.96 Å². The van der Waals surface area contributed by atoms with E-state index >= 15 is 0 Å². The lowest BCUT2D eigenvalue weighted by molar-refractivity contribution is 0.687.